The number of ether oxygens (including phenoxy) is 1. The molecule has 1 aliphatic rings. The summed E-state index contributed by atoms with van der Waals surface area (Å²) in [6.45, 7) is 5.00. The number of nitrogens with zero attached hydrogens (tertiary/aromatic N) is 3. The van der Waals surface area contributed by atoms with E-state index in [-0.39, 0.29) is 16.6 Å². The zero-order valence-electron chi connectivity index (χ0n) is 16.7. The maximum Gasteiger partial charge on any atom is 0.243 e. The lowest BCUT2D eigenvalue weighted by Crippen LogP contribution is -2.40. The van der Waals surface area contributed by atoms with Crippen molar-refractivity contribution in [3.63, 3.8) is 0 Å². The average molecular weight is 447 g/mol. The van der Waals surface area contributed by atoms with E-state index in [4.69, 9.17) is 4.74 Å². The highest BCUT2D eigenvalue weighted by Crippen LogP contribution is 2.24. The van der Waals surface area contributed by atoms with Crippen molar-refractivity contribution in [2.24, 2.45) is 0 Å². The van der Waals surface area contributed by atoms with Crippen LogP contribution in [0.4, 0.5) is 5.69 Å². The van der Waals surface area contributed by atoms with E-state index < -0.39 is 10.0 Å². The molecule has 0 spiro atoms. The van der Waals surface area contributed by atoms with Gasteiger partial charge in [0.05, 0.1) is 29.4 Å². The van der Waals surface area contributed by atoms with Gasteiger partial charge in [0.1, 0.15) is 11.1 Å². The summed E-state index contributed by atoms with van der Waals surface area (Å²) in [5.74, 6) is -0.267. The van der Waals surface area contributed by atoms with Gasteiger partial charge in [0.25, 0.3) is 0 Å². The van der Waals surface area contributed by atoms with Crippen LogP contribution in [0.25, 0.3) is 0 Å². The van der Waals surface area contributed by atoms with E-state index in [9.17, 15) is 18.5 Å². The number of nitrogens with one attached hydrogen (secondary N) is 1. The SMILES string of the molecule is Cc1cc(C)c(C#N)c(SCC(=O)Nc2cccc(S(=O)(=O)N3CCOCC3)c2)n1. The predicted molar refractivity (Wildman–Crippen MR) is 114 cm³/mol. The fraction of sp³-hybridized carbons (Fsp3) is 0.350. The van der Waals surface area contributed by atoms with Gasteiger partial charge in [-0.05, 0) is 43.7 Å². The molecule has 0 radical (unpaired) electrons. The highest BCUT2D eigenvalue weighted by atomic mass is 32.2. The van der Waals surface area contributed by atoms with E-state index in [0.29, 0.717) is 42.6 Å². The predicted octanol–water partition coefficient (Wildman–Crippen LogP) is 2.32. The number of carbonyl (C=O) groups is 1. The van der Waals surface area contributed by atoms with Crippen LogP contribution in [-0.2, 0) is 19.6 Å². The maximum atomic E-state index is 12.8. The van der Waals surface area contributed by atoms with Gasteiger partial charge in [-0.2, -0.15) is 9.57 Å². The molecule has 2 aromatic rings. The number of aromatic nitrogens is 1. The number of nitriles is 1. The van der Waals surface area contributed by atoms with Crippen LogP contribution in [0.5, 0.6) is 0 Å². The third-order valence-electron chi connectivity index (χ3n) is 4.49. The van der Waals surface area contributed by atoms with Gasteiger partial charge in [0, 0.05) is 24.5 Å². The van der Waals surface area contributed by atoms with Crippen molar-refractivity contribution < 1.29 is 17.9 Å². The van der Waals surface area contributed by atoms with E-state index in [0.717, 1.165) is 11.3 Å². The summed E-state index contributed by atoms with van der Waals surface area (Å²) < 4.78 is 32.2. The molecule has 10 heteroatoms. The van der Waals surface area contributed by atoms with Gasteiger partial charge in [0.15, 0.2) is 0 Å². The lowest BCUT2D eigenvalue weighted by atomic mass is 10.1. The molecule has 30 heavy (non-hydrogen) atoms. The van der Waals surface area contributed by atoms with Crippen LogP contribution < -0.4 is 5.32 Å². The Bertz CT molecular complexity index is 1090. The number of hydrogen-bond donors (Lipinski definition) is 1. The van der Waals surface area contributed by atoms with E-state index in [1.807, 2.05) is 19.9 Å². The van der Waals surface area contributed by atoms with Gasteiger partial charge < -0.3 is 10.1 Å². The first-order valence-corrected chi connectivity index (χ1v) is 11.7. The van der Waals surface area contributed by atoms with Gasteiger partial charge in [0.2, 0.25) is 15.9 Å². The van der Waals surface area contributed by atoms with Crippen molar-refractivity contribution in [1.29, 1.82) is 5.26 Å². The van der Waals surface area contributed by atoms with E-state index in [2.05, 4.69) is 16.4 Å². The number of anilines is 1. The summed E-state index contributed by atoms with van der Waals surface area (Å²) in [5.41, 5.74) is 2.44. The number of hydrogen-bond acceptors (Lipinski definition) is 7. The molecular weight excluding hydrogens is 424 g/mol. The minimum absolute atomic E-state index is 0.0466. The third kappa shape index (κ3) is 5.17. The molecule has 1 saturated heterocycles. The fourth-order valence-electron chi connectivity index (χ4n) is 3.04. The second-order valence-electron chi connectivity index (χ2n) is 6.75. The maximum absolute atomic E-state index is 12.8. The smallest absolute Gasteiger partial charge is 0.243 e. The average Bonchev–Trinajstić information content (AvgIpc) is 2.73. The summed E-state index contributed by atoms with van der Waals surface area (Å²) in [6, 6.07) is 10.1. The van der Waals surface area contributed by atoms with Gasteiger partial charge in [-0.3, -0.25) is 4.79 Å². The molecule has 3 rings (SSSR count). The summed E-state index contributed by atoms with van der Waals surface area (Å²) in [6.07, 6.45) is 0. The lowest BCUT2D eigenvalue weighted by molar-refractivity contribution is -0.113. The largest absolute Gasteiger partial charge is 0.379 e. The quantitative estimate of drug-likeness (QED) is 0.678. The fourth-order valence-corrected chi connectivity index (χ4v) is 5.40. The molecule has 158 valence electrons. The molecule has 0 unspecified atom stereocenters. The van der Waals surface area contributed by atoms with Crippen LogP contribution in [0, 0.1) is 25.2 Å². The molecule has 0 aliphatic carbocycles. The van der Waals surface area contributed by atoms with Gasteiger partial charge in [-0.15, -0.1) is 0 Å². The number of morpholine rings is 1. The summed E-state index contributed by atoms with van der Waals surface area (Å²) in [5, 5.41) is 12.6. The molecule has 8 nitrogen and oxygen atoms in total. The first kappa shape index (κ1) is 22.2. The topological polar surface area (TPSA) is 112 Å². The second-order valence-corrected chi connectivity index (χ2v) is 9.66. The number of carbonyl (C=O) groups excluding carboxylic acids is 1. The Hall–Kier alpha value is -2.45. The van der Waals surface area contributed by atoms with E-state index in [1.54, 1.807) is 12.1 Å². The minimum Gasteiger partial charge on any atom is -0.379 e. The summed E-state index contributed by atoms with van der Waals surface area (Å²) >= 11 is 1.17. The Balaban J connectivity index is 1.68. The molecule has 0 bridgehead atoms. The first-order valence-electron chi connectivity index (χ1n) is 9.30. The Labute approximate surface area is 180 Å². The number of sulfonamides is 1. The molecule has 1 fully saturated rings. The van der Waals surface area contributed by atoms with Crippen molar-refractivity contribution in [2.45, 2.75) is 23.8 Å². The Morgan fingerprint density at radius 2 is 2.03 bits per heavy atom. The van der Waals surface area contributed by atoms with Crippen LogP contribution in [0.1, 0.15) is 16.8 Å². The molecule has 0 saturated carbocycles. The zero-order chi connectivity index (χ0) is 21.7. The molecular formula is C20H22N4O4S2. The van der Waals surface area contributed by atoms with Crippen molar-refractivity contribution >= 4 is 33.4 Å². The van der Waals surface area contributed by atoms with Crippen molar-refractivity contribution in [1.82, 2.24) is 9.29 Å². The third-order valence-corrected chi connectivity index (χ3v) is 7.36. The number of thioether (sulfide) groups is 1. The molecule has 2 heterocycles. The molecule has 1 aromatic heterocycles. The van der Waals surface area contributed by atoms with Crippen LogP contribution in [0.3, 0.4) is 0 Å². The van der Waals surface area contributed by atoms with E-state index in [1.165, 1.54) is 28.2 Å². The first-order chi connectivity index (χ1) is 14.3. The number of pyridine rings is 1. The summed E-state index contributed by atoms with van der Waals surface area (Å²) in [7, 11) is -3.64. The normalized spacial score (nSPS) is 14.8. The Morgan fingerprint density at radius 1 is 1.30 bits per heavy atom. The highest BCUT2D eigenvalue weighted by Gasteiger charge is 2.26. The van der Waals surface area contributed by atoms with Crippen molar-refractivity contribution in [2.75, 3.05) is 37.4 Å². The van der Waals surface area contributed by atoms with Crippen LogP contribution in [0.2, 0.25) is 0 Å². The number of rotatable bonds is 6. The van der Waals surface area contributed by atoms with Crippen molar-refractivity contribution in [3.05, 3.63) is 47.2 Å². The second kappa shape index (κ2) is 9.57. The molecule has 1 aromatic carbocycles. The zero-order valence-corrected chi connectivity index (χ0v) is 18.3. The molecule has 1 aliphatic heterocycles. The number of amides is 1. The number of benzene rings is 1. The van der Waals surface area contributed by atoms with Crippen LogP contribution >= 0.6 is 11.8 Å². The minimum atomic E-state index is -3.64. The van der Waals surface area contributed by atoms with Crippen molar-refractivity contribution in [3.8, 4) is 6.07 Å². The number of aryl methyl sites for hydroxylation is 2. The van der Waals surface area contributed by atoms with Crippen LogP contribution in [-0.4, -0.2) is 55.7 Å². The Morgan fingerprint density at radius 3 is 2.73 bits per heavy atom. The van der Waals surface area contributed by atoms with Gasteiger partial charge >= 0.3 is 0 Å². The Kier molecular flexibility index (Phi) is 7.10. The molecule has 1 N–H and O–H groups in total. The summed E-state index contributed by atoms with van der Waals surface area (Å²) in [4.78, 5) is 16.9. The van der Waals surface area contributed by atoms with E-state index >= 15 is 0 Å². The molecule has 0 atom stereocenters. The van der Waals surface area contributed by atoms with Gasteiger partial charge in [-0.25, -0.2) is 13.4 Å². The molecule has 1 amide bonds. The standard InChI is InChI=1S/C20H22N4O4S2/c1-14-10-15(2)22-20(18(14)12-21)29-13-19(25)23-16-4-3-5-17(11-16)30(26,27)24-6-8-28-9-7-24/h3-5,10-11H,6-9,13H2,1-2H3,(H,23,25). The van der Waals surface area contributed by atoms with Gasteiger partial charge in [-0.1, -0.05) is 17.8 Å². The lowest BCUT2D eigenvalue weighted by Gasteiger charge is -2.26. The monoisotopic (exact) mass is 446 g/mol. The van der Waals surface area contributed by atoms with Crippen LogP contribution in [0.15, 0.2) is 40.3 Å². The highest BCUT2D eigenvalue weighted by molar-refractivity contribution is 8.00.